The standard InChI is InChI=1S/C10H8F2N4O2S/c11-5-2-1-3-6(12)8(5)16-9(13)14-15-10(16)19-4-7(17)18/h1-3H,4H2,(H2,13,14)(H,17,18). The summed E-state index contributed by atoms with van der Waals surface area (Å²) in [5.41, 5.74) is 5.08. The van der Waals surface area contributed by atoms with Gasteiger partial charge in [-0.1, -0.05) is 17.8 Å². The van der Waals surface area contributed by atoms with E-state index in [-0.39, 0.29) is 16.9 Å². The van der Waals surface area contributed by atoms with Crippen LogP contribution in [0, 0.1) is 11.6 Å². The van der Waals surface area contributed by atoms with Crippen LogP contribution in [0.3, 0.4) is 0 Å². The van der Waals surface area contributed by atoms with Crippen LogP contribution in [-0.2, 0) is 4.79 Å². The minimum atomic E-state index is -1.09. The Morgan fingerprint density at radius 3 is 2.58 bits per heavy atom. The summed E-state index contributed by atoms with van der Waals surface area (Å²) >= 11 is 0.765. The van der Waals surface area contributed by atoms with Gasteiger partial charge in [0.2, 0.25) is 5.95 Å². The summed E-state index contributed by atoms with van der Waals surface area (Å²) in [5.74, 6) is -3.33. The minimum absolute atomic E-state index is 0.00361. The van der Waals surface area contributed by atoms with Crippen LogP contribution in [0.4, 0.5) is 14.7 Å². The third-order valence-electron chi connectivity index (χ3n) is 2.14. The molecular formula is C10H8F2N4O2S. The topological polar surface area (TPSA) is 94.0 Å². The van der Waals surface area contributed by atoms with E-state index in [0.29, 0.717) is 0 Å². The number of aromatic nitrogens is 3. The Labute approximate surface area is 110 Å². The van der Waals surface area contributed by atoms with Crippen LogP contribution >= 0.6 is 11.8 Å². The van der Waals surface area contributed by atoms with Crippen molar-refractivity contribution in [1.82, 2.24) is 14.8 Å². The maximum Gasteiger partial charge on any atom is 0.313 e. The smallest absolute Gasteiger partial charge is 0.313 e. The van der Waals surface area contributed by atoms with Crippen LogP contribution in [0.2, 0.25) is 0 Å². The summed E-state index contributed by atoms with van der Waals surface area (Å²) in [4.78, 5) is 10.5. The second kappa shape index (κ2) is 5.22. The number of nitrogens with two attached hydrogens (primary N) is 1. The van der Waals surface area contributed by atoms with Crippen molar-refractivity contribution in [2.45, 2.75) is 5.16 Å². The number of nitrogen functional groups attached to an aromatic ring is 1. The van der Waals surface area contributed by atoms with Crippen LogP contribution in [0.25, 0.3) is 5.69 Å². The molecule has 100 valence electrons. The molecule has 0 bridgehead atoms. The van der Waals surface area contributed by atoms with Crippen LogP contribution in [-0.4, -0.2) is 31.6 Å². The molecule has 6 nitrogen and oxygen atoms in total. The molecule has 0 saturated heterocycles. The molecule has 9 heteroatoms. The maximum absolute atomic E-state index is 13.7. The number of hydrogen-bond acceptors (Lipinski definition) is 5. The molecule has 0 amide bonds. The molecule has 0 saturated carbocycles. The summed E-state index contributed by atoms with van der Waals surface area (Å²) in [7, 11) is 0. The molecule has 1 aromatic heterocycles. The lowest BCUT2D eigenvalue weighted by molar-refractivity contribution is -0.133. The van der Waals surface area contributed by atoms with Crippen LogP contribution < -0.4 is 5.73 Å². The van der Waals surface area contributed by atoms with Crippen molar-refractivity contribution in [1.29, 1.82) is 0 Å². The number of para-hydroxylation sites is 1. The van der Waals surface area contributed by atoms with Crippen LogP contribution in [0.1, 0.15) is 0 Å². The van der Waals surface area contributed by atoms with E-state index in [1.807, 2.05) is 0 Å². The lowest BCUT2D eigenvalue weighted by atomic mass is 10.3. The zero-order valence-corrected chi connectivity index (χ0v) is 10.2. The highest BCUT2D eigenvalue weighted by Crippen LogP contribution is 2.26. The van der Waals surface area contributed by atoms with Crippen molar-refractivity contribution in [2.24, 2.45) is 0 Å². The maximum atomic E-state index is 13.7. The van der Waals surface area contributed by atoms with E-state index >= 15 is 0 Å². The Hall–Kier alpha value is -2.16. The Morgan fingerprint density at radius 2 is 2.00 bits per heavy atom. The third-order valence-corrected chi connectivity index (χ3v) is 3.06. The number of thioether (sulfide) groups is 1. The summed E-state index contributed by atoms with van der Waals surface area (Å²) in [6, 6.07) is 3.33. The second-order valence-electron chi connectivity index (χ2n) is 3.43. The molecule has 0 unspecified atom stereocenters. The van der Waals surface area contributed by atoms with Crippen LogP contribution in [0.5, 0.6) is 0 Å². The van der Waals surface area contributed by atoms with E-state index in [1.54, 1.807) is 0 Å². The first kappa shape index (κ1) is 13.3. The predicted octanol–water partition coefficient (Wildman–Crippen LogP) is 1.30. The number of anilines is 1. The van der Waals surface area contributed by atoms with Gasteiger partial charge in [0.25, 0.3) is 0 Å². The van der Waals surface area contributed by atoms with E-state index in [0.717, 1.165) is 28.5 Å². The number of rotatable bonds is 4. The minimum Gasteiger partial charge on any atom is -0.481 e. The number of halogens is 2. The van der Waals surface area contributed by atoms with E-state index in [9.17, 15) is 13.6 Å². The lowest BCUT2D eigenvalue weighted by Crippen LogP contribution is -2.08. The van der Waals surface area contributed by atoms with Gasteiger partial charge in [-0.25, -0.2) is 8.78 Å². The van der Waals surface area contributed by atoms with E-state index in [4.69, 9.17) is 10.8 Å². The molecule has 0 fully saturated rings. The molecule has 2 aromatic rings. The molecule has 0 aliphatic carbocycles. The third kappa shape index (κ3) is 2.65. The fourth-order valence-electron chi connectivity index (χ4n) is 1.41. The quantitative estimate of drug-likeness (QED) is 0.823. The largest absolute Gasteiger partial charge is 0.481 e. The van der Waals surface area contributed by atoms with Crippen molar-refractivity contribution in [3.05, 3.63) is 29.8 Å². The van der Waals surface area contributed by atoms with Gasteiger partial charge < -0.3 is 10.8 Å². The van der Waals surface area contributed by atoms with E-state index in [1.165, 1.54) is 6.07 Å². The van der Waals surface area contributed by atoms with E-state index in [2.05, 4.69) is 10.2 Å². The number of hydrogen-bond donors (Lipinski definition) is 2. The van der Waals surface area contributed by atoms with Gasteiger partial charge in [-0.2, -0.15) is 0 Å². The van der Waals surface area contributed by atoms with Crippen molar-refractivity contribution in [2.75, 3.05) is 11.5 Å². The Balaban J connectivity index is 2.49. The Bertz CT molecular complexity index is 612. The first-order valence-electron chi connectivity index (χ1n) is 5.00. The average molecular weight is 286 g/mol. The van der Waals surface area contributed by atoms with Gasteiger partial charge in [0.05, 0.1) is 5.75 Å². The second-order valence-corrected chi connectivity index (χ2v) is 4.37. The van der Waals surface area contributed by atoms with Gasteiger partial charge in [0.15, 0.2) is 5.16 Å². The summed E-state index contributed by atoms with van der Waals surface area (Å²) in [6.45, 7) is 0. The molecule has 0 aliphatic heterocycles. The Kier molecular flexibility index (Phi) is 3.65. The van der Waals surface area contributed by atoms with Gasteiger partial charge in [-0.3, -0.25) is 9.36 Å². The van der Waals surface area contributed by atoms with Gasteiger partial charge in [-0.15, -0.1) is 10.2 Å². The number of carboxylic acids is 1. The monoisotopic (exact) mass is 286 g/mol. The molecule has 0 spiro atoms. The summed E-state index contributed by atoms with van der Waals surface area (Å²) < 4.78 is 28.3. The number of nitrogens with zero attached hydrogens (tertiary/aromatic N) is 3. The van der Waals surface area contributed by atoms with Gasteiger partial charge in [-0.05, 0) is 12.1 Å². The fraction of sp³-hybridized carbons (Fsp3) is 0.100. The molecule has 3 N–H and O–H groups in total. The molecule has 19 heavy (non-hydrogen) atoms. The van der Waals surface area contributed by atoms with Crippen molar-refractivity contribution in [3.63, 3.8) is 0 Å². The van der Waals surface area contributed by atoms with Crippen molar-refractivity contribution in [3.8, 4) is 5.69 Å². The average Bonchev–Trinajstić information content (AvgIpc) is 2.69. The molecule has 0 radical (unpaired) electrons. The molecule has 2 rings (SSSR count). The van der Waals surface area contributed by atoms with Crippen LogP contribution in [0.15, 0.2) is 23.4 Å². The number of aliphatic carboxylic acids is 1. The summed E-state index contributed by atoms with van der Waals surface area (Å²) in [6.07, 6.45) is 0. The summed E-state index contributed by atoms with van der Waals surface area (Å²) in [5, 5.41) is 15.7. The molecular weight excluding hydrogens is 278 g/mol. The van der Waals surface area contributed by atoms with Gasteiger partial charge in [0.1, 0.15) is 17.3 Å². The molecule has 1 heterocycles. The highest BCUT2D eigenvalue weighted by Gasteiger charge is 2.19. The molecule has 1 aromatic carbocycles. The SMILES string of the molecule is Nc1nnc(SCC(=O)O)n1-c1c(F)cccc1F. The van der Waals surface area contributed by atoms with E-state index < -0.39 is 23.3 Å². The normalized spacial score (nSPS) is 10.6. The molecule has 0 atom stereocenters. The highest BCUT2D eigenvalue weighted by molar-refractivity contribution is 7.99. The first-order chi connectivity index (χ1) is 9.00. The van der Waals surface area contributed by atoms with Crippen molar-refractivity contribution >= 4 is 23.7 Å². The Morgan fingerprint density at radius 1 is 1.37 bits per heavy atom. The first-order valence-corrected chi connectivity index (χ1v) is 5.99. The van der Waals surface area contributed by atoms with Gasteiger partial charge >= 0.3 is 5.97 Å². The zero-order chi connectivity index (χ0) is 14.0. The number of benzene rings is 1. The predicted molar refractivity (Wildman–Crippen MR) is 64.0 cm³/mol. The molecule has 0 aliphatic rings. The number of carboxylic acid groups (broad SMARTS) is 1. The van der Waals surface area contributed by atoms with Crippen molar-refractivity contribution < 1.29 is 18.7 Å². The van der Waals surface area contributed by atoms with Gasteiger partial charge in [0, 0.05) is 0 Å². The fourth-order valence-corrected chi connectivity index (χ4v) is 2.08. The highest BCUT2D eigenvalue weighted by atomic mass is 32.2. The zero-order valence-electron chi connectivity index (χ0n) is 9.38. The number of carbonyl (C=O) groups is 1. The lowest BCUT2D eigenvalue weighted by Gasteiger charge is -2.09.